The molecular weight excluding hydrogens is 344 g/mol. The van der Waals surface area contributed by atoms with Crippen molar-refractivity contribution in [2.75, 3.05) is 13.2 Å². The minimum Gasteiger partial charge on any atom is -0.487 e. The summed E-state index contributed by atoms with van der Waals surface area (Å²) in [5.74, 6) is -0.870. The molecule has 1 unspecified atom stereocenters. The van der Waals surface area contributed by atoms with Crippen LogP contribution in [0, 0.1) is 10.1 Å². The van der Waals surface area contributed by atoms with Gasteiger partial charge in [0, 0.05) is 17.0 Å². The summed E-state index contributed by atoms with van der Waals surface area (Å²) < 4.78 is 5.95. The third kappa shape index (κ3) is 4.68. The highest BCUT2D eigenvalue weighted by Gasteiger charge is 2.32. The van der Waals surface area contributed by atoms with Gasteiger partial charge in [-0.2, -0.15) is 0 Å². The van der Waals surface area contributed by atoms with Gasteiger partial charge in [-0.25, -0.2) is 0 Å². The van der Waals surface area contributed by atoms with Gasteiger partial charge < -0.3 is 15.2 Å². The van der Waals surface area contributed by atoms with Crippen LogP contribution in [0.15, 0.2) is 22.7 Å². The van der Waals surface area contributed by atoms with Crippen molar-refractivity contribution in [2.24, 2.45) is 0 Å². The number of nitro benzene ring substituents is 1. The maximum Gasteiger partial charge on any atom is 0.323 e. The van der Waals surface area contributed by atoms with Crippen molar-refractivity contribution in [3.05, 3.63) is 32.8 Å². The summed E-state index contributed by atoms with van der Waals surface area (Å²) >= 11 is 3.16. The van der Waals surface area contributed by atoms with Gasteiger partial charge in [0.1, 0.15) is 5.54 Å². The fraction of sp³-hybridized carbons (Fsp3) is 0.462. The fourth-order valence-electron chi connectivity index (χ4n) is 1.78. The van der Waals surface area contributed by atoms with Crippen LogP contribution in [0.25, 0.3) is 0 Å². The number of ether oxygens (including phenoxy) is 1. The van der Waals surface area contributed by atoms with E-state index in [-0.39, 0.29) is 24.5 Å². The first-order chi connectivity index (χ1) is 9.80. The summed E-state index contributed by atoms with van der Waals surface area (Å²) in [6, 6.07) is 4.45. The molecule has 116 valence electrons. The van der Waals surface area contributed by atoms with Gasteiger partial charge in [0.15, 0.2) is 5.75 Å². The summed E-state index contributed by atoms with van der Waals surface area (Å²) in [5.41, 5.74) is -1.29. The third-order valence-electron chi connectivity index (χ3n) is 3.02. The van der Waals surface area contributed by atoms with Gasteiger partial charge in [0.25, 0.3) is 0 Å². The molecule has 0 saturated heterocycles. The highest BCUT2D eigenvalue weighted by molar-refractivity contribution is 9.10. The van der Waals surface area contributed by atoms with Crippen molar-refractivity contribution in [3.8, 4) is 5.75 Å². The maximum atomic E-state index is 11.2. The smallest absolute Gasteiger partial charge is 0.323 e. The van der Waals surface area contributed by atoms with Crippen molar-refractivity contribution in [3.63, 3.8) is 0 Å². The Morgan fingerprint density at radius 2 is 2.24 bits per heavy atom. The van der Waals surface area contributed by atoms with Crippen LogP contribution in [0.2, 0.25) is 0 Å². The molecule has 0 aliphatic rings. The molecule has 0 radical (unpaired) electrons. The third-order valence-corrected chi connectivity index (χ3v) is 3.51. The molecule has 1 rings (SSSR count). The molecule has 0 aliphatic carbocycles. The van der Waals surface area contributed by atoms with Crippen molar-refractivity contribution < 1.29 is 19.6 Å². The van der Waals surface area contributed by atoms with Crippen molar-refractivity contribution >= 4 is 27.6 Å². The lowest BCUT2D eigenvalue weighted by Gasteiger charge is -2.25. The SMILES string of the molecule is CCNC(C)(CCOc1ccc(Br)cc1[N+](=O)[O-])C(=O)O. The lowest BCUT2D eigenvalue weighted by molar-refractivity contribution is -0.385. The molecule has 0 heterocycles. The van der Waals surface area contributed by atoms with Crippen molar-refractivity contribution in [1.29, 1.82) is 0 Å². The lowest BCUT2D eigenvalue weighted by Crippen LogP contribution is -2.50. The number of halogens is 1. The van der Waals surface area contributed by atoms with E-state index in [1.165, 1.54) is 12.1 Å². The first-order valence-electron chi connectivity index (χ1n) is 6.35. The maximum absolute atomic E-state index is 11.2. The zero-order valence-corrected chi connectivity index (χ0v) is 13.3. The van der Waals surface area contributed by atoms with E-state index in [0.29, 0.717) is 11.0 Å². The van der Waals surface area contributed by atoms with Crippen LogP contribution in [-0.4, -0.2) is 34.7 Å². The molecule has 0 aromatic heterocycles. The predicted molar refractivity (Wildman–Crippen MR) is 80.6 cm³/mol. The number of nitrogens with zero attached hydrogens (tertiary/aromatic N) is 1. The Hall–Kier alpha value is -1.67. The number of nitrogens with one attached hydrogen (secondary N) is 1. The van der Waals surface area contributed by atoms with E-state index >= 15 is 0 Å². The topological polar surface area (TPSA) is 102 Å². The highest BCUT2D eigenvalue weighted by atomic mass is 79.9. The van der Waals surface area contributed by atoms with Crippen LogP contribution < -0.4 is 10.1 Å². The lowest BCUT2D eigenvalue weighted by atomic mass is 9.98. The molecule has 0 aliphatic heterocycles. The molecule has 1 aromatic carbocycles. The molecule has 0 spiro atoms. The van der Waals surface area contributed by atoms with Crippen LogP contribution in [0.1, 0.15) is 20.3 Å². The Bertz CT molecular complexity index is 537. The number of aliphatic carboxylic acids is 1. The first-order valence-corrected chi connectivity index (χ1v) is 7.14. The molecule has 0 bridgehead atoms. The number of carboxylic acids is 1. The number of likely N-dealkylation sites (N-methyl/N-ethyl adjacent to an activating group) is 1. The summed E-state index contributed by atoms with van der Waals surface area (Å²) in [7, 11) is 0. The molecule has 1 atom stereocenters. The van der Waals surface area contributed by atoms with E-state index in [2.05, 4.69) is 21.2 Å². The Morgan fingerprint density at radius 1 is 1.57 bits per heavy atom. The van der Waals surface area contributed by atoms with Gasteiger partial charge >= 0.3 is 11.7 Å². The van der Waals surface area contributed by atoms with Crippen molar-refractivity contribution in [2.45, 2.75) is 25.8 Å². The van der Waals surface area contributed by atoms with E-state index in [1.54, 1.807) is 13.0 Å². The van der Waals surface area contributed by atoms with Gasteiger partial charge in [-0.1, -0.05) is 22.9 Å². The normalized spacial score (nSPS) is 13.5. The number of benzene rings is 1. The van der Waals surface area contributed by atoms with Crippen LogP contribution in [0.5, 0.6) is 5.75 Å². The average Bonchev–Trinajstić information content (AvgIpc) is 2.40. The van der Waals surface area contributed by atoms with E-state index in [9.17, 15) is 20.0 Å². The summed E-state index contributed by atoms with van der Waals surface area (Å²) in [5, 5.41) is 23.0. The number of hydrogen-bond donors (Lipinski definition) is 2. The van der Waals surface area contributed by atoms with Crippen LogP contribution in [0.4, 0.5) is 5.69 Å². The van der Waals surface area contributed by atoms with E-state index < -0.39 is 16.4 Å². The molecule has 21 heavy (non-hydrogen) atoms. The number of rotatable bonds is 8. The van der Waals surface area contributed by atoms with Gasteiger partial charge in [-0.3, -0.25) is 14.9 Å². The second-order valence-electron chi connectivity index (χ2n) is 4.64. The monoisotopic (exact) mass is 360 g/mol. The zero-order valence-electron chi connectivity index (χ0n) is 11.8. The average molecular weight is 361 g/mol. The van der Waals surface area contributed by atoms with E-state index in [4.69, 9.17) is 4.74 Å². The van der Waals surface area contributed by atoms with Gasteiger partial charge in [-0.05, 0) is 25.6 Å². The minimum absolute atomic E-state index is 0.0538. The minimum atomic E-state index is -1.13. The summed E-state index contributed by atoms with van der Waals surface area (Å²) in [6.45, 7) is 3.92. The van der Waals surface area contributed by atoms with Crippen LogP contribution in [-0.2, 0) is 4.79 Å². The molecule has 0 amide bonds. The van der Waals surface area contributed by atoms with Crippen LogP contribution >= 0.6 is 15.9 Å². The Labute approximate surface area is 130 Å². The quantitative estimate of drug-likeness (QED) is 0.545. The van der Waals surface area contributed by atoms with Gasteiger partial charge in [0.05, 0.1) is 11.5 Å². The van der Waals surface area contributed by atoms with Crippen molar-refractivity contribution in [1.82, 2.24) is 5.32 Å². The Kier molecular flexibility index (Phi) is 6.10. The molecule has 8 heteroatoms. The molecule has 2 N–H and O–H groups in total. The predicted octanol–water partition coefficient (Wildman–Crippen LogP) is 2.58. The summed E-state index contributed by atoms with van der Waals surface area (Å²) in [6.07, 6.45) is 0.184. The fourth-order valence-corrected chi connectivity index (χ4v) is 2.13. The van der Waals surface area contributed by atoms with Gasteiger partial charge in [0.2, 0.25) is 0 Å². The number of hydrogen-bond acceptors (Lipinski definition) is 5. The Balaban J connectivity index is 2.76. The zero-order chi connectivity index (χ0) is 16.0. The second kappa shape index (κ2) is 7.37. The summed E-state index contributed by atoms with van der Waals surface area (Å²) in [4.78, 5) is 21.6. The second-order valence-corrected chi connectivity index (χ2v) is 5.55. The van der Waals surface area contributed by atoms with Gasteiger partial charge in [-0.15, -0.1) is 0 Å². The molecule has 0 saturated carbocycles. The first kappa shape index (κ1) is 17.4. The molecule has 0 fully saturated rings. The Morgan fingerprint density at radius 3 is 2.76 bits per heavy atom. The molecule has 7 nitrogen and oxygen atoms in total. The van der Waals surface area contributed by atoms with Crippen LogP contribution in [0.3, 0.4) is 0 Å². The number of nitro groups is 1. The number of carbonyl (C=O) groups is 1. The molecular formula is C13H17BrN2O5. The number of carboxylic acid groups (broad SMARTS) is 1. The highest BCUT2D eigenvalue weighted by Crippen LogP contribution is 2.30. The van der Waals surface area contributed by atoms with E-state index in [0.717, 1.165) is 0 Å². The standard InChI is InChI=1S/C13H17BrN2O5/c1-3-15-13(2,12(17)18)6-7-21-11-5-4-9(14)8-10(11)16(19)20/h4-5,8,15H,3,6-7H2,1-2H3,(H,17,18). The largest absolute Gasteiger partial charge is 0.487 e. The molecule has 1 aromatic rings. The van der Waals surface area contributed by atoms with E-state index in [1.807, 2.05) is 6.92 Å².